The molecule has 0 unspecified atom stereocenters. The first-order chi connectivity index (χ1) is 15.9. The lowest BCUT2D eigenvalue weighted by atomic mass is 9.99. The van der Waals surface area contributed by atoms with Crippen LogP contribution in [0.15, 0.2) is 48.5 Å². The molecule has 0 saturated heterocycles. The predicted octanol–water partition coefficient (Wildman–Crippen LogP) is 4.91. The average Bonchev–Trinajstić information content (AvgIpc) is 3.14. The van der Waals surface area contributed by atoms with Crippen LogP contribution in [0.25, 0.3) is 16.7 Å². The molecule has 1 amide bonds. The number of aromatic nitrogens is 3. The summed E-state index contributed by atoms with van der Waals surface area (Å²) in [6, 6.07) is 16.0. The number of hydrogen-bond donors (Lipinski definition) is 1. The van der Waals surface area contributed by atoms with E-state index in [4.69, 9.17) is 14.8 Å². The summed E-state index contributed by atoms with van der Waals surface area (Å²) >= 11 is 0. The fraction of sp³-hybridized carbons (Fsp3) is 0.296. The highest BCUT2D eigenvalue weighted by atomic mass is 16.5. The molecule has 0 saturated carbocycles. The van der Waals surface area contributed by atoms with Crippen LogP contribution in [0.5, 0.6) is 5.75 Å². The van der Waals surface area contributed by atoms with E-state index in [0.29, 0.717) is 19.4 Å². The Morgan fingerprint density at radius 1 is 1.03 bits per heavy atom. The van der Waals surface area contributed by atoms with E-state index in [1.54, 1.807) is 7.11 Å². The van der Waals surface area contributed by atoms with Crippen molar-refractivity contribution in [1.82, 2.24) is 20.1 Å². The Bertz CT molecular complexity index is 1310. The number of carbonyl (C=O) groups is 1. The van der Waals surface area contributed by atoms with Gasteiger partial charge in [-0.2, -0.15) is 5.10 Å². The van der Waals surface area contributed by atoms with Crippen molar-refractivity contribution in [3.05, 3.63) is 82.2 Å². The number of nitrogens with one attached hydrogen (secondary N) is 1. The van der Waals surface area contributed by atoms with Gasteiger partial charge < -0.3 is 10.1 Å². The van der Waals surface area contributed by atoms with Crippen LogP contribution in [0, 0.1) is 27.7 Å². The van der Waals surface area contributed by atoms with Gasteiger partial charge in [-0.15, -0.1) is 0 Å². The van der Waals surface area contributed by atoms with E-state index in [2.05, 4.69) is 43.4 Å². The molecule has 33 heavy (non-hydrogen) atoms. The van der Waals surface area contributed by atoms with Crippen LogP contribution in [0.2, 0.25) is 0 Å². The molecule has 170 valence electrons. The summed E-state index contributed by atoms with van der Waals surface area (Å²) in [6.45, 7) is 8.68. The van der Waals surface area contributed by atoms with Gasteiger partial charge in [0.1, 0.15) is 5.75 Å². The lowest BCUT2D eigenvalue weighted by Gasteiger charge is -2.12. The number of fused-ring (bicyclic) bond motifs is 1. The van der Waals surface area contributed by atoms with E-state index in [1.807, 2.05) is 42.8 Å². The molecule has 0 atom stereocenters. The van der Waals surface area contributed by atoms with Crippen LogP contribution in [-0.4, -0.2) is 27.8 Å². The van der Waals surface area contributed by atoms with E-state index in [-0.39, 0.29) is 5.91 Å². The Kier molecular flexibility index (Phi) is 6.45. The van der Waals surface area contributed by atoms with E-state index < -0.39 is 0 Å². The number of hydrogen-bond acceptors (Lipinski definition) is 4. The van der Waals surface area contributed by atoms with Gasteiger partial charge >= 0.3 is 0 Å². The summed E-state index contributed by atoms with van der Waals surface area (Å²) in [5, 5.41) is 8.84. The van der Waals surface area contributed by atoms with Gasteiger partial charge in [-0.25, -0.2) is 9.67 Å². The number of amides is 1. The van der Waals surface area contributed by atoms with Gasteiger partial charge in [0.2, 0.25) is 5.91 Å². The molecular formula is C27H30N4O2. The first-order valence-corrected chi connectivity index (χ1v) is 11.2. The zero-order chi connectivity index (χ0) is 23.5. The molecule has 0 aliphatic rings. The molecular weight excluding hydrogens is 412 g/mol. The number of aryl methyl sites for hydroxylation is 4. The normalized spacial score (nSPS) is 11.1. The molecule has 0 aliphatic heterocycles. The van der Waals surface area contributed by atoms with Crippen molar-refractivity contribution in [1.29, 1.82) is 0 Å². The minimum atomic E-state index is 0.0174. The molecule has 2 aromatic heterocycles. The van der Waals surface area contributed by atoms with Crippen molar-refractivity contribution in [2.24, 2.45) is 0 Å². The van der Waals surface area contributed by atoms with Gasteiger partial charge in [0, 0.05) is 24.0 Å². The Morgan fingerprint density at radius 3 is 2.52 bits per heavy atom. The fourth-order valence-electron chi connectivity index (χ4n) is 4.25. The van der Waals surface area contributed by atoms with Crippen molar-refractivity contribution in [3.63, 3.8) is 0 Å². The van der Waals surface area contributed by atoms with E-state index in [9.17, 15) is 4.79 Å². The summed E-state index contributed by atoms with van der Waals surface area (Å²) in [6.07, 6.45) is 1.05. The molecule has 0 bridgehead atoms. The second-order valence-electron chi connectivity index (χ2n) is 8.46. The van der Waals surface area contributed by atoms with Gasteiger partial charge in [-0.3, -0.25) is 4.79 Å². The molecule has 0 radical (unpaired) electrons. The van der Waals surface area contributed by atoms with Gasteiger partial charge in [0.25, 0.3) is 0 Å². The minimum absolute atomic E-state index is 0.0174. The van der Waals surface area contributed by atoms with Crippen LogP contribution in [-0.2, 0) is 17.8 Å². The Hall–Kier alpha value is -3.67. The number of methoxy groups -OCH3 is 1. The number of carbonyl (C=O) groups excluding carboxylic acids is 1. The Morgan fingerprint density at radius 2 is 1.79 bits per heavy atom. The number of pyridine rings is 1. The summed E-state index contributed by atoms with van der Waals surface area (Å²) in [5.41, 5.74) is 8.22. The molecule has 6 nitrogen and oxygen atoms in total. The van der Waals surface area contributed by atoms with Crippen LogP contribution < -0.4 is 10.1 Å². The topological polar surface area (TPSA) is 69.0 Å². The van der Waals surface area contributed by atoms with E-state index >= 15 is 0 Å². The SMILES string of the molecule is COc1cccc(CNC(=O)CCc2c(C)nc3c(c(C)nn3-c3ccc(C)cc3)c2C)c1. The summed E-state index contributed by atoms with van der Waals surface area (Å²) in [5.74, 6) is 0.803. The summed E-state index contributed by atoms with van der Waals surface area (Å²) in [7, 11) is 1.64. The summed E-state index contributed by atoms with van der Waals surface area (Å²) in [4.78, 5) is 17.4. The van der Waals surface area contributed by atoms with Crippen LogP contribution >= 0.6 is 0 Å². The van der Waals surface area contributed by atoms with Gasteiger partial charge in [0.15, 0.2) is 5.65 Å². The van der Waals surface area contributed by atoms with Crippen molar-refractivity contribution >= 4 is 16.9 Å². The fourth-order valence-corrected chi connectivity index (χ4v) is 4.25. The zero-order valence-corrected chi connectivity index (χ0v) is 19.9. The number of ether oxygens (including phenoxy) is 1. The maximum absolute atomic E-state index is 12.5. The smallest absolute Gasteiger partial charge is 0.220 e. The number of nitrogens with zero attached hydrogens (tertiary/aromatic N) is 3. The summed E-state index contributed by atoms with van der Waals surface area (Å²) < 4.78 is 7.16. The van der Waals surface area contributed by atoms with Crippen LogP contribution in [0.3, 0.4) is 0 Å². The number of benzene rings is 2. The van der Waals surface area contributed by atoms with E-state index in [0.717, 1.165) is 50.5 Å². The molecule has 4 aromatic rings. The van der Waals surface area contributed by atoms with Gasteiger partial charge in [-0.05, 0) is 75.1 Å². The quantitative estimate of drug-likeness (QED) is 0.441. The maximum Gasteiger partial charge on any atom is 0.220 e. The lowest BCUT2D eigenvalue weighted by molar-refractivity contribution is -0.121. The van der Waals surface area contributed by atoms with Crippen molar-refractivity contribution in [2.45, 2.75) is 47.1 Å². The molecule has 2 aromatic carbocycles. The van der Waals surface area contributed by atoms with Crippen LogP contribution in [0.1, 0.15) is 40.1 Å². The van der Waals surface area contributed by atoms with Crippen LogP contribution in [0.4, 0.5) is 0 Å². The average molecular weight is 443 g/mol. The second kappa shape index (κ2) is 9.45. The minimum Gasteiger partial charge on any atom is -0.497 e. The highest BCUT2D eigenvalue weighted by molar-refractivity contribution is 5.85. The molecule has 0 spiro atoms. The first-order valence-electron chi connectivity index (χ1n) is 11.2. The third kappa shape index (κ3) is 4.75. The molecule has 0 fully saturated rings. The highest BCUT2D eigenvalue weighted by Crippen LogP contribution is 2.28. The van der Waals surface area contributed by atoms with Crippen molar-refractivity contribution in [3.8, 4) is 11.4 Å². The molecule has 6 heteroatoms. The molecule has 4 rings (SSSR count). The second-order valence-corrected chi connectivity index (χ2v) is 8.46. The standard InChI is InChI=1S/C27H30N4O2/c1-17-9-11-22(12-10-17)31-27-26(20(4)30-31)18(2)24(19(3)29-27)13-14-25(32)28-16-21-7-6-8-23(15-21)33-5/h6-12,15H,13-14,16H2,1-5H3,(H,28,32). The van der Waals surface area contributed by atoms with Gasteiger partial charge in [0.05, 0.1) is 18.5 Å². The van der Waals surface area contributed by atoms with Crippen molar-refractivity contribution in [2.75, 3.05) is 7.11 Å². The number of rotatable bonds is 7. The highest BCUT2D eigenvalue weighted by Gasteiger charge is 2.18. The predicted molar refractivity (Wildman–Crippen MR) is 131 cm³/mol. The zero-order valence-electron chi connectivity index (χ0n) is 19.9. The van der Waals surface area contributed by atoms with E-state index in [1.165, 1.54) is 5.56 Å². The molecule has 1 N–H and O–H groups in total. The largest absolute Gasteiger partial charge is 0.497 e. The van der Waals surface area contributed by atoms with Crippen molar-refractivity contribution < 1.29 is 9.53 Å². The Labute approximate surface area is 194 Å². The first kappa shape index (κ1) is 22.5. The molecule has 0 aliphatic carbocycles. The monoisotopic (exact) mass is 442 g/mol. The molecule has 2 heterocycles. The maximum atomic E-state index is 12.5. The Balaban J connectivity index is 1.51. The third-order valence-corrected chi connectivity index (χ3v) is 6.08. The van der Waals surface area contributed by atoms with Gasteiger partial charge in [-0.1, -0.05) is 29.8 Å². The lowest BCUT2D eigenvalue weighted by Crippen LogP contribution is -2.23. The third-order valence-electron chi connectivity index (χ3n) is 6.08.